The van der Waals surface area contributed by atoms with Gasteiger partial charge < -0.3 is 0 Å². The topological polar surface area (TPSA) is 16.1 Å². The molecular weight excluding hydrogens is 246 g/mol. The van der Waals surface area contributed by atoms with Crippen molar-refractivity contribution in [3.05, 3.63) is 42.1 Å². The highest BCUT2D eigenvalue weighted by Crippen LogP contribution is 2.27. The van der Waals surface area contributed by atoms with E-state index in [4.69, 9.17) is 0 Å². The number of alkyl halides is 2. The minimum absolute atomic E-state index is 0.00858. The number of rotatable bonds is 2. The smallest absolute Gasteiger partial charge is 0.260 e. The number of hydrogen-bond acceptors (Lipinski definition) is 2. The Balaban J connectivity index is 1.77. The molecule has 2 nitrogen and oxygen atoms in total. The Morgan fingerprint density at radius 3 is 2.84 bits per heavy atom. The molecule has 19 heavy (non-hydrogen) atoms. The molecule has 0 radical (unpaired) electrons. The van der Waals surface area contributed by atoms with E-state index in [9.17, 15) is 8.78 Å². The minimum atomic E-state index is -2.55. The van der Waals surface area contributed by atoms with Crippen LogP contribution < -0.4 is 0 Å². The second-order valence-electron chi connectivity index (χ2n) is 5.17. The summed E-state index contributed by atoms with van der Waals surface area (Å²) < 4.78 is 26.7. The second-order valence-corrected chi connectivity index (χ2v) is 5.17. The molecule has 1 aromatic carbocycles. The molecule has 0 amide bonds. The molecule has 0 bridgehead atoms. The van der Waals surface area contributed by atoms with Crippen molar-refractivity contribution in [3.8, 4) is 0 Å². The summed E-state index contributed by atoms with van der Waals surface area (Å²) in [5, 5.41) is 1.08. The number of nitrogens with zero attached hydrogens (tertiary/aromatic N) is 2. The van der Waals surface area contributed by atoms with E-state index in [1.165, 1.54) is 0 Å². The van der Waals surface area contributed by atoms with Crippen LogP contribution in [0.15, 0.2) is 36.4 Å². The van der Waals surface area contributed by atoms with Crippen LogP contribution in [0.1, 0.15) is 18.5 Å². The molecule has 0 spiro atoms. The van der Waals surface area contributed by atoms with Gasteiger partial charge in [-0.3, -0.25) is 9.88 Å². The first-order valence-electron chi connectivity index (χ1n) is 6.57. The van der Waals surface area contributed by atoms with Gasteiger partial charge in [0, 0.05) is 18.4 Å². The number of halogens is 2. The number of aromatic nitrogens is 1. The van der Waals surface area contributed by atoms with Crippen LogP contribution in [0.3, 0.4) is 0 Å². The number of piperidine rings is 1. The predicted molar refractivity (Wildman–Crippen MR) is 71.2 cm³/mol. The van der Waals surface area contributed by atoms with Crippen LogP contribution in [0.4, 0.5) is 8.78 Å². The lowest BCUT2D eigenvalue weighted by Gasteiger charge is -2.32. The largest absolute Gasteiger partial charge is 0.292 e. The fourth-order valence-electron chi connectivity index (χ4n) is 2.61. The zero-order valence-corrected chi connectivity index (χ0v) is 10.6. The molecule has 1 fully saturated rings. The molecule has 0 saturated carbocycles. The highest BCUT2D eigenvalue weighted by Gasteiger charge is 2.34. The van der Waals surface area contributed by atoms with Crippen molar-refractivity contribution < 1.29 is 8.78 Å². The molecule has 2 heterocycles. The van der Waals surface area contributed by atoms with Gasteiger partial charge >= 0.3 is 0 Å². The van der Waals surface area contributed by atoms with Crippen LogP contribution >= 0.6 is 0 Å². The van der Waals surface area contributed by atoms with Gasteiger partial charge in [0.1, 0.15) is 0 Å². The zero-order valence-electron chi connectivity index (χ0n) is 10.6. The Bertz CT molecular complexity index is 583. The molecule has 3 rings (SSSR count). The van der Waals surface area contributed by atoms with E-state index in [0.29, 0.717) is 13.0 Å². The van der Waals surface area contributed by atoms with Crippen LogP contribution in [-0.4, -0.2) is 28.9 Å². The fraction of sp³-hybridized carbons (Fsp3) is 0.400. The maximum absolute atomic E-state index is 13.3. The third kappa shape index (κ3) is 2.89. The average Bonchev–Trinajstić information content (AvgIpc) is 2.37. The molecular formula is C15H16F2N2. The second kappa shape index (κ2) is 4.85. The predicted octanol–water partition coefficient (Wildman–Crippen LogP) is 3.47. The summed E-state index contributed by atoms with van der Waals surface area (Å²) >= 11 is 0. The third-order valence-electron chi connectivity index (χ3n) is 3.51. The zero-order chi connectivity index (χ0) is 13.3. The van der Waals surface area contributed by atoms with E-state index in [1.807, 2.05) is 36.4 Å². The number of para-hydroxylation sites is 1. The molecule has 1 aliphatic rings. The molecule has 0 aliphatic carbocycles. The monoisotopic (exact) mass is 262 g/mol. The summed E-state index contributed by atoms with van der Waals surface area (Å²) in [5.41, 5.74) is 1.78. The summed E-state index contributed by atoms with van der Waals surface area (Å²) in [7, 11) is 0. The number of fused-ring (bicyclic) bond motifs is 1. The van der Waals surface area contributed by atoms with Crippen molar-refractivity contribution >= 4 is 10.9 Å². The van der Waals surface area contributed by atoms with Crippen molar-refractivity contribution in [3.63, 3.8) is 0 Å². The maximum atomic E-state index is 13.3. The van der Waals surface area contributed by atoms with Gasteiger partial charge in [0.05, 0.1) is 17.8 Å². The van der Waals surface area contributed by atoms with Crippen LogP contribution in [0.5, 0.6) is 0 Å². The normalized spacial score (nSPS) is 19.7. The molecule has 4 heteroatoms. The lowest BCUT2D eigenvalue weighted by atomic mass is 10.1. The minimum Gasteiger partial charge on any atom is -0.292 e. The third-order valence-corrected chi connectivity index (χ3v) is 3.51. The summed E-state index contributed by atoms with van der Waals surface area (Å²) in [6.45, 7) is 1.08. The highest BCUT2D eigenvalue weighted by atomic mass is 19.3. The Kier molecular flexibility index (Phi) is 3.19. The molecule has 1 saturated heterocycles. The fourth-order valence-corrected chi connectivity index (χ4v) is 2.61. The van der Waals surface area contributed by atoms with Gasteiger partial charge in [-0.05, 0) is 25.1 Å². The summed E-state index contributed by atoms with van der Waals surface area (Å²) in [6.07, 6.45) is 0.565. The van der Waals surface area contributed by atoms with Crippen molar-refractivity contribution in [2.75, 3.05) is 13.1 Å². The molecule has 0 unspecified atom stereocenters. The number of benzene rings is 1. The van der Waals surface area contributed by atoms with Crippen molar-refractivity contribution in [1.82, 2.24) is 9.88 Å². The summed E-state index contributed by atoms with van der Waals surface area (Å²) in [6, 6.07) is 11.8. The van der Waals surface area contributed by atoms with E-state index >= 15 is 0 Å². The lowest BCUT2D eigenvalue weighted by Crippen LogP contribution is -2.42. The Morgan fingerprint density at radius 2 is 2.00 bits per heavy atom. The van der Waals surface area contributed by atoms with Crippen LogP contribution in [-0.2, 0) is 6.54 Å². The van der Waals surface area contributed by atoms with Crippen LogP contribution in [0, 0.1) is 0 Å². The summed E-state index contributed by atoms with van der Waals surface area (Å²) in [5.74, 6) is -2.55. The molecule has 1 aromatic heterocycles. The molecule has 2 aromatic rings. The summed E-state index contributed by atoms with van der Waals surface area (Å²) in [4.78, 5) is 6.32. The first kappa shape index (κ1) is 12.5. The lowest BCUT2D eigenvalue weighted by molar-refractivity contribution is -0.0663. The van der Waals surface area contributed by atoms with Gasteiger partial charge in [-0.15, -0.1) is 0 Å². The van der Waals surface area contributed by atoms with Gasteiger partial charge in [0.25, 0.3) is 5.92 Å². The van der Waals surface area contributed by atoms with Crippen LogP contribution in [0.25, 0.3) is 10.9 Å². The number of hydrogen-bond donors (Lipinski definition) is 0. The van der Waals surface area contributed by atoms with Gasteiger partial charge in [-0.1, -0.05) is 24.3 Å². The van der Waals surface area contributed by atoms with E-state index < -0.39 is 5.92 Å². The molecule has 0 atom stereocenters. The van der Waals surface area contributed by atoms with Gasteiger partial charge in [-0.2, -0.15) is 0 Å². The van der Waals surface area contributed by atoms with Crippen molar-refractivity contribution in [2.24, 2.45) is 0 Å². The van der Waals surface area contributed by atoms with E-state index in [2.05, 4.69) is 4.98 Å². The van der Waals surface area contributed by atoms with E-state index in [-0.39, 0.29) is 13.0 Å². The standard InChI is InChI=1S/C15H16F2N2/c16-15(17)8-3-9-19(11-15)10-13-7-6-12-4-1-2-5-14(12)18-13/h1-2,4-7H,3,8-11H2. The van der Waals surface area contributed by atoms with Gasteiger partial charge in [0.15, 0.2) is 0 Å². The number of pyridine rings is 1. The van der Waals surface area contributed by atoms with E-state index in [0.717, 1.165) is 23.1 Å². The SMILES string of the molecule is FC1(F)CCCN(Cc2ccc3ccccc3n2)C1. The van der Waals surface area contributed by atoms with Crippen LogP contribution in [0.2, 0.25) is 0 Å². The first-order valence-corrected chi connectivity index (χ1v) is 6.57. The Hall–Kier alpha value is -1.55. The van der Waals surface area contributed by atoms with Gasteiger partial charge in [0.2, 0.25) is 0 Å². The molecule has 100 valence electrons. The van der Waals surface area contributed by atoms with Gasteiger partial charge in [-0.25, -0.2) is 8.78 Å². The maximum Gasteiger partial charge on any atom is 0.260 e. The molecule has 1 aliphatic heterocycles. The van der Waals surface area contributed by atoms with Crippen molar-refractivity contribution in [2.45, 2.75) is 25.3 Å². The van der Waals surface area contributed by atoms with Crippen molar-refractivity contribution in [1.29, 1.82) is 0 Å². The quantitative estimate of drug-likeness (QED) is 0.824. The van der Waals surface area contributed by atoms with E-state index in [1.54, 1.807) is 4.90 Å². The molecule has 0 N–H and O–H groups in total. The Labute approximate surface area is 111 Å². The highest BCUT2D eigenvalue weighted by molar-refractivity contribution is 5.78. The average molecular weight is 262 g/mol. The number of likely N-dealkylation sites (tertiary alicyclic amines) is 1. The first-order chi connectivity index (χ1) is 9.12. The Morgan fingerprint density at radius 1 is 1.16 bits per heavy atom.